The molecule has 0 spiro atoms. The van der Waals surface area contributed by atoms with E-state index in [0.29, 0.717) is 41.6 Å². The molecule has 1 amide bonds. The molecule has 3 aromatic rings. The molecule has 1 aliphatic heterocycles. The molecule has 2 aromatic heterocycles. The van der Waals surface area contributed by atoms with E-state index in [1.54, 1.807) is 36.2 Å². The molecular weight excluding hydrogens is 404 g/mol. The van der Waals surface area contributed by atoms with Gasteiger partial charge in [0.25, 0.3) is 5.91 Å². The maximum atomic E-state index is 13.2. The minimum atomic E-state index is -0.279. The zero-order valence-electron chi connectivity index (χ0n) is 17.0. The smallest absolute Gasteiger partial charge is 0.310 e. The average Bonchev–Trinajstić information content (AvgIpc) is 3.09. The third-order valence-corrected chi connectivity index (χ3v) is 5.67. The molecule has 7 nitrogen and oxygen atoms in total. The number of ether oxygens (including phenoxy) is 1. The van der Waals surface area contributed by atoms with Gasteiger partial charge in [-0.15, -0.1) is 0 Å². The number of imidazole rings is 1. The first-order valence-electron chi connectivity index (χ1n) is 10.1. The monoisotopic (exact) mass is 426 g/mol. The van der Waals surface area contributed by atoms with Gasteiger partial charge in [-0.05, 0) is 57.0 Å². The second kappa shape index (κ2) is 8.44. The Morgan fingerprint density at radius 2 is 2.13 bits per heavy atom. The quantitative estimate of drug-likeness (QED) is 0.593. The van der Waals surface area contributed by atoms with Gasteiger partial charge >= 0.3 is 5.97 Å². The van der Waals surface area contributed by atoms with Crippen LogP contribution in [0.25, 0.3) is 16.9 Å². The molecule has 0 N–H and O–H groups in total. The molecule has 1 saturated heterocycles. The number of nitrogens with zero attached hydrogens (tertiary/aromatic N) is 4. The molecule has 0 bridgehead atoms. The number of aromatic nitrogens is 3. The highest BCUT2D eigenvalue weighted by Crippen LogP contribution is 2.28. The van der Waals surface area contributed by atoms with Crippen molar-refractivity contribution >= 4 is 34.6 Å². The highest BCUT2D eigenvalue weighted by atomic mass is 35.5. The number of carbonyl (C=O) groups is 2. The normalized spacial score (nSPS) is 16.6. The molecular formula is C22H23ClN4O3. The Bertz CT molecular complexity index is 1110. The van der Waals surface area contributed by atoms with E-state index in [0.717, 1.165) is 24.2 Å². The van der Waals surface area contributed by atoms with Crippen LogP contribution in [0.4, 0.5) is 0 Å². The Hall–Kier alpha value is -2.93. The van der Waals surface area contributed by atoms with E-state index in [1.807, 2.05) is 23.6 Å². The van der Waals surface area contributed by atoms with E-state index in [1.165, 1.54) is 0 Å². The Kier molecular flexibility index (Phi) is 5.72. The predicted octanol–water partition coefficient (Wildman–Crippen LogP) is 3.80. The minimum Gasteiger partial charge on any atom is -0.466 e. The van der Waals surface area contributed by atoms with Gasteiger partial charge < -0.3 is 9.64 Å². The third-order valence-electron chi connectivity index (χ3n) is 5.35. The van der Waals surface area contributed by atoms with Crippen molar-refractivity contribution < 1.29 is 14.3 Å². The van der Waals surface area contributed by atoms with Crippen molar-refractivity contribution in [2.24, 2.45) is 5.92 Å². The van der Waals surface area contributed by atoms with Gasteiger partial charge in [0.15, 0.2) is 5.65 Å². The Balaban J connectivity index is 1.65. The molecule has 4 rings (SSSR count). The lowest BCUT2D eigenvalue weighted by atomic mass is 9.97. The van der Waals surface area contributed by atoms with Crippen LogP contribution in [0, 0.1) is 12.8 Å². The molecule has 156 valence electrons. The number of fused-ring (bicyclic) bond motifs is 1. The molecule has 1 fully saturated rings. The van der Waals surface area contributed by atoms with Crippen LogP contribution in [0.3, 0.4) is 0 Å². The number of hydrogen-bond donors (Lipinski definition) is 0. The largest absolute Gasteiger partial charge is 0.466 e. The van der Waals surface area contributed by atoms with Gasteiger partial charge in [0.1, 0.15) is 11.3 Å². The predicted molar refractivity (Wildman–Crippen MR) is 114 cm³/mol. The second-order valence-electron chi connectivity index (χ2n) is 7.35. The minimum absolute atomic E-state index is 0.128. The van der Waals surface area contributed by atoms with Crippen LogP contribution in [0.2, 0.25) is 5.02 Å². The highest BCUT2D eigenvalue weighted by Gasteiger charge is 2.30. The number of esters is 1. The van der Waals surface area contributed by atoms with E-state index >= 15 is 0 Å². The summed E-state index contributed by atoms with van der Waals surface area (Å²) in [5, 5.41) is 0.502. The van der Waals surface area contributed by atoms with Crippen molar-refractivity contribution in [1.82, 2.24) is 19.4 Å². The Labute approximate surface area is 179 Å². The van der Waals surface area contributed by atoms with Crippen LogP contribution in [0.5, 0.6) is 0 Å². The van der Waals surface area contributed by atoms with Gasteiger partial charge in [-0.2, -0.15) is 0 Å². The second-order valence-corrected chi connectivity index (χ2v) is 7.76. The van der Waals surface area contributed by atoms with Crippen LogP contribution in [-0.2, 0) is 9.53 Å². The third kappa shape index (κ3) is 3.77. The van der Waals surface area contributed by atoms with Gasteiger partial charge in [0.2, 0.25) is 0 Å². The number of benzene rings is 1. The maximum absolute atomic E-state index is 13.2. The van der Waals surface area contributed by atoms with E-state index in [2.05, 4.69) is 9.97 Å². The summed E-state index contributed by atoms with van der Waals surface area (Å²) in [7, 11) is 0. The molecule has 1 aromatic carbocycles. The average molecular weight is 427 g/mol. The fourth-order valence-electron chi connectivity index (χ4n) is 3.93. The first kappa shape index (κ1) is 20.3. The summed E-state index contributed by atoms with van der Waals surface area (Å²) >= 11 is 6.49. The molecule has 8 heteroatoms. The highest BCUT2D eigenvalue weighted by molar-refractivity contribution is 6.32. The molecule has 0 saturated carbocycles. The van der Waals surface area contributed by atoms with Gasteiger partial charge in [0, 0.05) is 24.8 Å². The zero-order chi connectivity index (χ0) is 21.3. The number of halogens is 1. The first-order valence-corrected chi connectivity index (χ1v) is 10.4. The van der Waals surface area contributed by atoms with E-state index in [9.17, 15) is 9.59 Å². The topological polar surface area (TPSA) is 77.3 Å². The number of hydrogen-bond acceptors (Lipinski definition) is 5. The number of rotatable bonds is 4. The van der Waals surface area contributed by atoms with E-state index in [-0.39, 0.29) is 17.8 Å². The maximum Gasteiger partial charge on any atom is 0.310 e. The summed E-state index contributed by atoms with van der Waals surface area (Å²) in [6, 6.07) is 8.91. The fraction of sp³-hybridized carbons (Fsp3) is 0.364. The summed E-state index contributed by atoms with van der Waals surface area (Å²) in [4.78, 5) is 36.0. The number of amides is 1. The summed E-state index contributed by atoms with van der Waals surface area (Å²) in [6.07, 6.45) is 3.21. The molecule has 1 aliphatic rings. The van der Waals surface area contributed by atoms with Crippen LogP contribution in [0.1, 0.15) is 35.9 Å². The van der Waals surface area contributed by atoms with Crippen molar-refractivity contribution in [2.75, 3.05) is 19.7 Å². The van der Waals surface area contributed by atoms with Crippen LogP contribution < -0.4 is 0 Å². The van der Waals surface area contributed by atoms with E-state index in [4.69, 9.17) is 16.3 Å². The lowest BCUT2D eigenvalue weighted by Crippen LogP contribution is -2.42. The Morgan fingerprint density at radius 1 is 1.30 bits per heavy atom. The molecule has 30 heavy (non-hydrogen) atoms. The fourth-order valence-corrected chi connectivity index (χ4v) is 4.13. The lowest BCUT2D eigenvalue weighted by molar-refractivity contribution is -0.149. The lowest BCUT2D eigenvalue weighted by Gasteiger charge is -2.31. The van der Waals surface area contributed by atoms with Crippen molar-refractivity contribution in [3.05, 3.63) is 52.9 Å². The Morgan fingerprint density at radius 3 is 2.93 bits per heavy atom. The molecule has 0 unspecified atom stereocenters. The number of likely N-dealkylation sites (tertiary alicyclic amines) is 1. The van der Waals surface area contributed by atoms with Crippen molar-refractivity contribution in [1.29, 1.82) is 0 Å². The number of pyridine rings is 1. The summed E-state index contributed by atoms with van der Waals surface area (Å²) < 4.78 is 6.99. The number of aryl methyl sites for hydroxylation is 1. The van der Waals surface area contributed by atoms with Gasteiger partial charge in [-0.1, -0.05) is 11.6 Å². The van der Waals surface area contributed by atoms with Crippen molar-refractivity contribution in [3.8, 4) is 5.69 Å². The summed E-state index contributed by atoms with van der Waals surface area (Å²) in [5.41, 5.74) is 2.61. The SMILES string of the molecule is CCOC(=O)[C@H]1CCCN(C(=O)c2ccc(Cl)c(-n3c(C)nc4cccnc43)c2)C1. The van der Waals surface area contributed by atoms with Gasteiger partial charge in [-0.3, -0.25) is 14.2 Å². The zero-order valence-corrected chi connectivity index (χ0v) is 17.7. The molecule has 1 atom stereocenters. The molecule has 0 radical (unpaired) electrons. The van der Waals surface area contributed by atoms with Crippen molar-refractivity contribution in [2.45, 2.75) is 26.7 Å². The van der Waals surface area contributed by atoms with Crippen LogP contribution in [0.15, 0.2) is 36.5 Å². The summed E-state index contributed by atoms with van der Waals surface area (Å²) in [5.74, 6) is 0.0873. The van der Waals surface area contributed by atoms with Crippen LogP contribution >= 0.6 is 11.6 Å². The van der Waals surface area contributed by atoms with E-state index < -0.39 is 0 Å². The van der Waals surface area contributed by atoms with Gasteiger partial charge in [0.05, 0.1) is 23.2 Å². The van der Waals surface area contributed by atoms with Crippen LogP contribution in [-0.4, -0.2) is 51.0 Å². The van der Waals surface area contributed by atoms with Gasteiger partial charge in [-0.25, -0.2) is 9.97 Å². The summed E-state index contributed by atoms with van der Waals surface area (Å²) in [6.45, 7) is 4.98. The molecule has 0 aliphatic carbocycles. The molecule has 3 heterocycles. The number of piperidine rings is 1. The standard InChI is InChI=1S/C22H23ClN4O3/c1-3-30-22(29)16-6-5-11-26(13-16)21(28)15-8-9-17(23)19(12-15)27-14(2)25-18-7-4-10-24-20(18)27/h4,7-10,12,16H,3,5-6,11,13H2,1-2H3/t16-/m0/s1. The number of carbonyl (C=O) groups excluding carboxylic acids is 2. The first-order chi connectivity index (χ1) is 14.5. The van der Waals surface area contributed by atoms with Crippen molar-refractivity contribution in [3.63, 3.8) is 0 Å².